The van der Waals surface area contributed by atoms with Gasteiger partial charge in [0.1, 0.15) is 0 Å². The summed E-state index contributed by atoms with van der Waals surface area (Å²) in [6.07, 6.45) is 0. The molecule has 0 fully saturated rings. The molecule has 0 aromatic carbocycles. The first kappa shape index (κ1) is 37.1. The summed E-state index contributed by atoms with van der Waals surface area (Å²) in [7, 11) is -5.17. The van der Waals surface area contributed by atoms with Crippen molar-refractivity contribution in [3.05, 3.63) is 0 Å². The Morgan fingerprint density at radius 3 is 0.900 bits per heavy atom. The first-order chi connectivity index (χ1) is 2.00. The monoisotopic (exact) mass is 267 g/mol. The van der Waals surface area contributed by atoms with Crippen LogP contribution in [0.3, 0.4) is 0 Å². The molecule has 0 aromatic rings. The molecule has 0 amide bonds. The number of hydrogen-bond donors (Lipinski definition) is 0. The van der Waals surface area contributed by atoms with Gasteiger partial charge >= 0.3 is 113 Å². The van der Waals surface area contributed by atoms with E-state index in [9.17, 15) is 0 Å². The molecule has 0 aliphatic rings. The van der Waals surface area contributed by atoms with Crippen LogP contribution < -0.4 is 12.4 Å². The van der Waals surface area contributed by atoms with Gasteiger partial charge in [-0.15, -0.1) is 0 Å². The fraction of sp³-hybridized carbons (Fsp3) is 0. The Bertz CT molecular complexity index is 100. The molecule has 0 radical (unpaired) electrons. The zero-order valence-electron chi connectivity index (χ0n) is 4.95. The zero-order valence-corrected chi connectivity index (χ0v) is 13.1. The van der Waals surface area contributed by atoms with E-state index in [4.69, 9.17) is 17.5 Å². The number of hydrogen-bond acceptors (Lipinski definition) is 4. The van der Waals surface area contributed by atoms with E-state index in [0.717, 1.165) is 0 Å². The van der Waals surface area contributed by atoms with Crippen LogP contribution in [0.1, 0.15) is 0 Å². The van der Waals surface area contributed by atoms with Crippen molar-refractivity contribution < 1.29 is 35.4 Å². The van der Waals surface area contributed by atoms with E-state index >= 15 is 0 Å². The molecule has 0 heterocycles. The van der Waals surface area contributed by atoms with Crippen molar-refractivity contribution in [1.29, 1.82) is 0 Å². The fourth-order valence-corrected chi connectivity index (χ4v) is 0. The van der Waals surface area contributed by atoms with Crippen molar-refractivity contribution in [3.8, 4) is 0 Å². The van der Waals surface area contributed by atoms with E-state index in [1.165, 1.54) is 0 Å². The van der Waals surface area contributed by atoms with Crippen LogP contribution in [-0.2, 0) is 15.9 Å². The van der Waals surface area contributed by atoms with E-state index in [-0.39, 0.29) is 131 Å². The van der Waals surface area contributed by atoms with Crippen LogP contribution in [-0.4, -0.2) is 131 Å². The molecule has 48 valence electrons. The van der Waals surface area contributed by atoms with Crippen molar-refractivity contribution in [1.82, 2.24) is 0 Å². The van der Waals surface area contributed by atoms with Gasteiger partial charge in [0.25, 0.3) is 0 Å². The largest absolute Gasteiger partial charge is 2.00 e. The van der Waals surface area contributed by atoms with E-state index in [0.29, 0.717) is 0 Å². The van der Waals surface area contributed by atoms with Crippen LogP contribution in [0.25, 0.3) is 0 Å². The molecule has 0 N–H and O–H groups in total. The molecule has 0 saturated heterocycles. The maximum absolute atomic E-state index is 8.52. The quantitative estimate of drug-likeness (QED) is 0.248. The minimum absolute atomic E-state index is 0. The summed E-state index contributed by atoms with van der Waals surface area (Å²) < 4.78 is 34.1. The van der Waals surface area contributed by atoms with Crippen LogP contribution in [0.5, 0.6) is 0 Å². The van der Waals surface area contributed by atoms with Crippen molar-refractivity contribution >= 4 is 124 Å². The molecular formula is Ca3ClO5S+. The van der Waals surface area contributed by atoms with Gasteiger partial charge in [-0.05, 0) is 0 Å². The normalized spacial score (nSPS) is 5.80. The summed E-state index contributed by atoms with van der Waals surface area (Å²) in [6.45, 7) is 0. The number of halogens is 1. The maximum Gasteiger partial charge on any atom is 2.00 e. The Hall–Kier alpha value is 3.90. The Morgan fingerprint density at radius 1 is 0.900 bits per heavy atom. The van der Waals surface area contributed by atoms with Crippen molar-refractivity contribution in [2.24, 2.45) is 0 Å². The molecular weight excluding hydrogens is 268 g/mol. The van der Waals surface area contributed by atoms with Gasteiger partial charge in [0.2, 0.25) is 0 Å². The SMILES string of the molecule is O=S(=O)([O-])[O-].[Ca+2].[Ca+2].[Ca+2].[Cl-].[O-2]. The van der Waals surface area contributed by atoms with Crippen molar-refractivity contribution in [2.45, 2.75) is 0 Å². The van der Waals surface area contributed by atoms with Gasteiger partial charge in [-0.2, -0.15) is 0 Å². The number of rotatable bonds is 0. The van der Waals surface area contributed by atoms with Gasteiger partial charge in [0, 0.05) is 10.4 Å². The smallest absolute Gasteiger partial charge is 2.00 e. The van der Waals surface area contributed by atoms with Gasteiger partial charge in [0.15, 0.2) is 0 Å². The molecule has 0 saturated carbocycles. The Balaban J connectivity index is -0.00000000800. The summed E-state index contributed by atoms with van der Waals surface area (Å²) in [6, 6.07) is 0. The second kappa shape index (κ2) is 18.6. The summed E-state index contributed by atoms with van der Waals surface area (Å²) in [5, 5.41) is 0. The third-order valence-corrected chi connectivity index (χ3v) is 0. The van der Waals surface area contributed by atoms with Gasteiger partial charge in [-0.1, -0.05) is 0 Å². The molecule has 0 rings (SSSR count). The van der Waals surface area contributed by atoms with Gasteiger partial charge < -0.3 is 27.0 Å². The minimum Gasteiger partial charge on any atom is -2.00 e. The third kappa shape index (κ3) is 93.0. The Kier molecular flexibility index (Phi) is 69.1. The minimum atomic E-state index is -5.17. The van der Waals surface area contributed by atoms with Gasteiger partial charge in [0.05, 0.1) is 0 Å². The molecule has 0 atom stereocenters. The average Bonchev–Trinajstić information content (AvgIpc) is 0.722. The fourth-order valence-electron chi connectivity index (χ4n) is 0. The maximum atomic E-state index is 8.52. The van der Waals surface area contributed by atoms with Gasteiger partial charge in [-0.3, -0.25) is 8.42 Å². The molecule has 0 spiro atoms. The second-order valence-corrected chi connectivity index (χ2v) is 1.22. The van der Waals surface area contributed by atoms with E-state index in [2.05, 4.69) is 0 Å². The van der Waals surface area contributed by atoms with Crippen LogP contribution in [0.15, 0.2) is 0 Å². The van der Waals surface area contributed by atoms with Crippen molar-refractivity contribution in [3.63, 3.8) is 0 Å². The van der Waals surface area contributed by atoms with Crippen LogP contribution in [0, 0.1) is 0 Å². The molecule has 0 aliphatic heterocycles. The summed E-state index contributed by atoms with van der Waals surface area (Å²) >= 11 is 0. The van der Waals surface area contributed by atoms with Crippen LogP contribution >= 0.6 is 0 Å². The molecule has 5 nitrogen and oxygen atoms in total. The Morgan fingerprint density at radius 2 is 0.900 bits per heavy atom. The van der Waals surface area contributed by atoms with E-state index < -0.39 is 10.4 Å². The zero-order chi connectivity index (χ0) is 4.50. The standard InChI is InChI=1S/3Ca.ClH.H2O4S.O/c;;;;1-5(2,3)4;/h;;;1H;(H2,1,2,3,4);/q3*+2;;;-2/p-3. The molecule has 0 unspecified atom stereocenters. The summed E-state index contributed by atoms with van der Waals surface area (Å²) in [4.78, 5) is 0. The van der Waals surface area contributed by atoms with Crippen LogP contribution in [0.4, 0.5) is 0 Å². The topological polar surface area (TPSA) is 109 Å². The molecule has 0 aromatic heterocycles. The molecule has 10 heavy (non-hydrogen) atoms. The molecule has 10 heteroatoms. The first-order valence-electron chi connectivity index (χ1n) is 0.667. The van der Waals surface area contributed by atoms with E-state index in [1.54, 1.807) is 0 Å². The molecule has 0 bridgehead atoms. The first-order valence-corrected chi connectivity index (χ1v) is 2.00. The average molecular weight is 268 g/mol. The third-order valence-electron chi connectivity index (χ3n) is 0. The predicted octanol–water partition coefficient (Wildman–Crippen LogP) is -5.60. The van der Waals surface area contributed by atoms with Crippen LogP contribution in [0.2, 0.25) is 0 Å². The van der Waals surface area contributed by atoms with E-state index in [1.807, 2.05) is 0 Å². The van der Waals surface area contributed by atoms with Crippen molar-refractivity contribution in [2.75, 3.05) is 0 Å². The predicted molar refractivity (Wildman–Crippen MR) is 28.4 cm³/mol. The summed E-state index contributed by atoms with van der Waals surface area (Å²) in [5.41, 5.74) is 0. The second-order valence-electron chi connectivity index (χ2n) is 0.408. The molecule has 0 aliphatic carbocycles. The Labute approximate surface area is 155 Å². The summed E-state index contributed by atoms with van der Waals surface area (Å²) in [5.74, 6) is 0. The van der Waals surface area contributed by atoms with Gasteiger partial charge in [-0.25, -0.2) is 0 Å².